The van der Waals surface area contributed by atoms with Crippen molar-refractivity contribution < 1.29 is 87.2 Å². The third kappa shape index (κ3) is 86.9. The lowest BCUT2D eigenvalue weighted by atomic mass is 9.89. The zero-order valence-corrected chi connectivity index (χ0v) is 75.2. The number of rotatable bonds is 89. The Bertz CT molecular complexity index is 2140. The Morgan fingerprint density at radius 1 is 0.226 bits per heavy atom. The molecule has 0 aromatic carbocycles. The summed E-state index contributed by atoms with van der Waals surface area (Å²) in [5.74, 6) is -1.88. The first-order chi connectivity index (χ1) is 55.9. The molecule has 2 atom stereocenters. The van der Waals surface area contributed by atoms with E-state index in [4.69, 9.17) is 48.8 Å². The molecule has 115 heavy (non-hydrogen) atoms. The number of carboxylic acids is 4. The Balaban J connectivity index is 0. The number of carboxylic acid groups (broad SMARTS) is 4. The van der Waals surface area contributed by atoms with E-state index >= 15 is 0 Å². The van der Waals surface area contributed by atoms with Crippen LogP contribution in [0.25, 0.3) is 0 Å². The minimum atomic E-state index is -0.712. The van der Waals surface area contributed by atoms with Gasteiger partial charge in [0.05, 0.1) is 26.4 Å². The Hall–Kier alpha value is -4.72. The topological polar surface area (TPSA) is 279 Å². The van der Waals surface area contributed by atoms with Crippen molar-refractivity contribution >= 4 is 48.1 Å². The first-order valence-electron chi connectivity index (χ1n) is 48.2. The maximum absolute atomic E-state index is 12.7. The summed E-state index contributed by atoms with van der Waals surface area (Å²) in [6, 6.07) is 0. The van der Waals surface area contributed by atoms with Gasteiger partial charge in [0.1, 0.15) is 12.2 Å². The van der Waals surface area contributed by atoms with Crippen LogP contribution in [-0.4, -0.2) is 156 Å². The molecule has 0 bridgehead atoms. The number of nitrogens with zero attached hydrogens (tertiary/aromatic N) is 2. The molecule has 2 unspecified atom stereocenters. The number of carbonyl (C=O) groups excluding carboxylic acids is 4. The van der Waals surface area contributed by atoms with Crippen LogP contribution in [0.5, 0.6) is 0 Å². The normalized spacial score (nSPS) is 11.9. The minimum absolute atomic E-state index is 0.181. The van der Waals surface area contributed by atoms with Crippen molar-refractivity contribution in [3.05, 3.63) is 0 Å². The highest BCUT2D eigenvalue weighted by Gasteiger charge is 2.21. The quantitative estimate of drug-likeness (QED) is 0.0250. The first kappa shape index (κ1) is 112. The lowest BCUT2D eigenvalue weighted by Gasteiger charge is -2.19. The average molecular weight is 1640 g/mol. The van der Waals surface area contributed by atoms with Gasteiger partial charge in [0.25, 0.3) is 0 Å². The van der Waals surface area contributed by atoms with Crippen LogP contribution in [0.2, 0.25) is 0 Å². The van der Waals surface area contributed by atoms with E-state index in [-0.39, 0.29) is 63.0 Å². The summed E-state index contributed by atoms with van der Waals surface area (Å²) >= 11 is 0. The molecule has 0 spiro atoms. The predicted molar refractivity (Wildman–Crippen MR) is 468 cm³/mol. The maximum Gasteiger partial charge on any atom is 0.508 e. The van der Waals surface area contributed by atoms with Gasteiger partial charge < -0.3 is 58.6 Å². The van der Waals surface area contributed by atoms with Gasteiger partial charge in [-0.2, -0.15) is 0 Å². The molecule has 0 rings (SSSR count). The van der Waals surface area contributed by atoms with Crippen molar-refractivity contribution in [3.8, 4) is 0 Å². The number of hydrogen-bond acceptors (Lipinski definition) is 16. The molecule has 20 heteroatoms. The van der Waals surface area contributed by atoms with E-state index < -0.39 is 36.2 Å². The third-order valence-electron chi connectivity index (χ3n) is 22.9. The third-order valence-corrected chi connectivity index (χ3v) is 22.9. The highest BCUT2D eigenvalue weighted by molar-refractivity contribution is 5.70. The van der Waals surface area contributed by atoms with Gasteiger partial charge in [-0.3, -0.25) is 28.8 Å². The van der Waals surface area contributed by atoms with Crippen LogP contribution in [0.15, 0.2) is 0 Å². The lowest BCUT2D eigenvalue weighted by molar-refractivity contribution is -0.145. The largest absolute Gasteiger partial charge is 0.508 e. The van der Waals surface area contributed by atoms with Crippen molar-refractivity contribution in [1.82, 2.24) is 9.80 Å². The number of aliphatic carboxylic acids is 4. The molecular formula is C95H180N2O18. The van der Waals surface area contributed by atoms with Crippen LogP contribution in [-0.2, 0) is 57.2 Å². The molecule has 0 aromatic heterocycles. The summed E-state index contributed by atoms with van der Waals surface area (Å²) in [6.45, 7) is 19.9. The van der Waals surface area contributed by atoms with E-state index in [1.54, 1.807) is 0 Å². The minimum Gasteiger partial charge on any atom is -0.481 e. The SMILES string of the molecule is CCCCCCCCCCCCC(CCOC(=O)CCCCC(CCCCCCCCC(=O)O)CCCCCCCCC(=O)O)OC(=O)OCCCN(CC)CC.CCCCCCCCCCCCC(CCOC(=O)CCCCCC(CCCCCCCCC(=O)O)CCCCCCCCC(=O)O)OC(=O)OCCCN(CC)CC. The van der Waals surface area contributed by atoms with Gasteiger partial charge >= 0.3 is 48.1 Å². The highest BCUT2D eigenvalue weighted by atomic mass is 16.7. The molecule has 0 saturated heterocycles. The van der Waals surface area contributed by atoms with Crippen LogP contribution in [0, 0.1) is 11.8 Å². The van der Waals surface area contributed by atoms with Gasteiger partial charge in [-0.1, -0.05) is 343 Å². The number of unbranched alkanes of at least 4 members (excludes halogenated alkanes) is 41. The fraction of sp³-hybridized carbons (Fsp3) is 0.916. The van der Waals surface area contributed by atoms with Crippen LogP contribution < -0.4 is 0 Å². The molecule has 0 heterocycles. The van der Waals surface area contributed by atoms with Crippen LogP contribution in [0.1, 0.15) is 472 Å². The summed E-state index contributed by atoms with van der Waals surface area (Å²) in [7, 11) is 0. The fourth-order valence-corrected chi connectivity index (χ4v) is 15.4. The summed E-state index contributed by atoms with van der Waals surface area (Å²) in [6.07, 6.45) is 66.3. The number of hydrogen-bond donors (Lipinski definition) is 4. The lowest BCUT2D eigenvalue weighted by Crippen LogP contribution is -2.26. The van der Waals surface area contributed by atoms with Crippen molar-refractivity contribution in [2.75, 3.05) is 65.7 Å². The van der Waals surface area contributed by atoms with Crippen LogP contribution in [0.4, 0.5) is 9.59 Å². The Morgan fingerprint density at radius 2 is 0.435 bits per heavy atom. The molecule has 0 fully saturated rings. The Kier molecular flexibility index (Phi) is 86.5. The maximum atomic E-state index is 12.7. The van der Waals surface area contributed by atoms with Gasteiger partial charge in [0.15, 0.2) is 0 Å². The van der Waals surface area contributed by atoms with E-state index in [2.05, 4.69) is 51.3 Å². The summed E-state index contributed by atoms with van der Waals surface area (Å²) in [4.78, 5) is 98.0. The number of ether oxygens (including phenoxy) is 6. The summed E-state index contributed by atoms with van der Waals surface area (Å²) < 4.78 is 33.5. The van der Waals surface area contributed by atoms with Gasteiger partial charge in [-0.25, -0.2) is 9.59 Å². The Labute approximate surface area is 703 Å². The molecule has 0 radical (unpaired) electrons. The van der Waals surface area contributed by atoms with Crippen LogP contribution >= 0.6 is 0 Å². The van der Waals surface area contributed by atoms with E-state index in [1.165, 1.54) is 186 Å². The number of esters is 2. The second kappa shape index (κ2) is 88.6. The highest BCUT2D eigenvalue weighted by Crippen LogP contribution is 2.28. The second-order valence-electron chi connectivity index (χ2n) is 33.2. The standard InChI is InChI=1S/C48H91NO9.C47H89NO9/c1-4-7-8-9-10-11-12-13-20-27-35-44(58-48(55)57-41-31-40-49(5-2)6-3)39-42-56-47(54)38-30-23-26-34-43(32-24-18-14-16-21-28-36-45(50)51)33-25-19-15-17-22-29-37-46(52)53;1-4-7-8-9-10-11-12-13-20-25-34-43(57-47(54)56-40-30-39-48(5-2)6-3)38-41-55-46(53)37-29-28-33-42(31-23-18-14-16-21-26-35-44(49)50)32-24-19-15-17-22-27-36-45(51)52/h43-44H,4-42H2,1-3H3,(H,50,51)(H,52,53);42-43H,4-41H2,1-3H3,(H,49,50)(H,51,52). The molecule has 0 amide bonds. The summed E-state index contributed by atoms with van der Waals surface area (Å²) in [5, 5.41) is 35.3. The Morgan fingerprint density at radius 3 is 0.687 bits per heavy atom. The van der Waals surface area contributed by atoms with E-state index in [0.29, 0.717) is 50.7 Å². The van der Waals surface area contributed by atoms with E-state index in [9.17, 15) is 38.4 Å². The summed E-state index contributed by atoms with van der Waals surface area (Å²) in [5.41, 5.74) is 0. The zero-order valence-electron chi connectivity index (χ0n) is 75.2. The molecule has 4 N–H and O–H groups in total. The smallest absolute Gasteiger partial charge is 0.481 e. The van der Waals surface area contributed by atoms with E-state index in [0.717, 1.165) is 232 Å². The molecule has 0 aromatic rings. The van der Waals surface area contributed by atoms with Gasteiger partial charge in [0, 0.05) is 64.5 Å². The molecule has 0 saturated carbocycles. The molecule has 678 valence electrons. The van der Waals surface area contributed by atoms with Crippen molar-refractivity contribution in [3.63, 3.8) is 0 Å². The monoisotopic (exact) mass is 1640 g/mol. The molecular weight excluding hydrogens is 1460 g/mol. The van der Waals surface area contributed by atoms with E-state index in [1.807, 2.05) is 0 Å². The van der Waals surface area contributed by atoms with Crippen molar-refractivity contribution in [2.45, 2.75) is 484 Å². The fourth-order valence-electron chi connectivity index (χ4n) is 15.4. The van der Waals surface area contributed by atoms with Gasteiger partial charge in [-0.05, 0) is 115 Å². The van der Waals surface area contributed by atoms with Crippen molar-refractivity contribution in [1.29, 1.82) is 0 Å². The van der Waals surface area contributed by atoms with Crippen LogP contribution in [0.3, 0.4) is 0 Å². The van der Waals surface area contributed by atoms with Gasteiger partial charge in [-0.15, -0.1) is 0 Å². The first-order valence-corrected chi connectivity index (χ1v) is 48.2. The van der Waals surface area contributed by atoms with Gasteiger partial charge in [0.2, 0.25) is 0 Å². The molecule has 0 aliphatic heterocycles. The zero-order chi connectivity index (χ0) is 84.8. The molecule has 0 aliphatic carbocycles. The second-order valence-corrected chi connectivity index (χ2v) is 33.2. The average Bonchev–Trinajstić information content (AvgIpc) is 0.961. The van der Waals surface area contributed by atoms with Crippen molar-refractivity contribution in [2.24, 2.45) is 11.8 Å². The molecule has 0 aliphatic rings. The molecule has 20 nitrogen and oxygen atoms in total. The number of carbonyl (C=O) groups is 8. The predicted octanol–water partition coefficient (Wildman–Crippen LogP) is 26.5.